The summed E-state index contributed by atoms with van der Waals surface area (Å²) in [5, 5.41) is 0. The highest BCUT2D eigenvalue weighted by atomic mass is 16.1. The third kappa shape index (κ3) is 1.45. The summed E-state index contributed by atoms with van der Waals surface area (Å²) >= 11 is 0. The number of hydrogen-bond acceptors (Lipinski definition) is 2. The molecule has 0 aromatic rings. The molecule has 1 rings (SSSR count). The molecule has 1 aliphatic rings. The van der Waals surface area contributed by atoms with Gasteiger partial charge in [-0.1, -0.05) is 18.2 Å². The number of rotatable bonds is 1. The first kappa shape index (κ1) is 7.02. The second-order valence-electron chi connectivity index (χ2n) is 2.29. The van der Waals surface area contributed by atoms with Crippen LogP contribution in [0, 0.1) is 0 Å². The number of nitrogens with two attached hydrogens (primary N) is 2. The van der Waals surface area contributed by atoms with Crippen molar-refractivity contribution in [3.8, 4) is 0 Å². The zero-order valence-corrected chi connectivity index (χ0v) is 5.58. The van der Waals surface area contributed by atoms with Crippen molar-refractivity contribution in [2.24, 2.45) is 11.5 Å². The second kappa shape index (κ2) is 2.66. The lowest BCUT2D eigenvalue weighted by Crippen LogP contribution is -2.22. The van der Waals surface area contributed by atoms with Gasteiger partial charge in [0.1, 0.15) is 0 Å². The third-order valence-corrected chi connectivity index (χ3v) is 1.38. The van der Waals surface area contributed by atoms with Crippen molar-refractivity contribution in [1.29, 1.82) is 0 Å². The number of carbonyl (C=O) groups is 1. The molecule has 0 spiro atoms. The maximum absolute atomic E-state index is 10.5. The molecule has 4 N–H and O–H groups in total. The highest BCUT2D eigenvalue weighted by Crippen LogP contribution is 2.07. The van der Waals surface area contributed by atoms with Gasteiger partial charge in [0, 0.05) is 11.6 Å². The lowest BCUT2D eigenvalue weighted by molar-refractivity contribution is -0.114. The number of hydrogen-bond donors (Lipinski definition) is 2. The molecule has 0 saturated carbocycles. The van der Waals surface area contributed by atoms with Gasteiger partial charge in [0.15, 0.2) is 0 Å². The summed E-state index contributed by atoms with van der Waals surface area (Å²) in [5.74, 6) is -0.411. The quantitative estimate of drug-likeness (QED) is 0.521. The van der Waals surface area contributed by atoms with Crippen LogP contribution in [0.4, 0.5) is 0 Å². The monoisotopic (exact) mass is 138 g/mol. The van der Waals surface area contributed by atoms with E-state index < -0.39 is 5.91 Å². The molecular formula is C7H10N2O. The molecule has 10 heavy (non-hydrogen) atoms. The molecule has 3 heteroatoms. The van der Waals surface area contributed by atoms with Gasteiger partial charge in [-0.2, -0.15) is 0 Å². The summed E-state index contributed by atoms with van der Waals surface area (Å²) in [6.45, 7) is 0. The molecule has 1 amide bonds. The van der Waals surface area contributed by atoms with Gasteiger partial charge >= 0.3 is 0 Å². The Hall–Kier alpha value is -1.09. The largest absolute Gasteiger partial charge is 0.366 e. The van der Waals surface area contributed by atoms with Crippen LogP contribution in [-0.2, 0) is 4.79 Å². The topological polar surface area (TPSA) is 69.1 Å². The second-order valence-corrected chi connectivity index (χ2v) is 2.29. The fraction of sp³-hybridized carbons (Fsp3) is 0.286. The SMILES string of the molecule is NC(=O)C1=CC(N)CC=C1. The highest BCUT2D eigenvalue weighted by Gasteiger charge is 2.07. The zero-order valence-electron chi connectivity index (χ0n) is 5.58. The van der Waals surface area contributed by atoms with Crippen molar-refractivity contribution in [2.45, 2.75) is 12.5 Å². The van der Waals surface area contributed by atoms with Crippen LogP contribution in [0.5, 0.6) is 0 Å². The molecule has 1 unspecified atom stereocenters. The van der Waals surface area contributed by atoms with E-state index in [1.807, 2.05) is 6.08 Å². The van der Waals surface area contributed by atoms with Gasteiger partial charge in [-0.25, -0.2) is 0 Å². The molecule has 54 valence electrons. The minimum atomic E-state index is -0.411. The Bertz CT molecular complexity index is 206. The van der Waals surface area contributed by atoms with Crippen LogP contribution in [0.3, 0.4) is 0 Å². The van der Waals surface area contributed by atoms with Gasteiger partial charge in [0.25, 0.3) is 0 Å². The van der Waals surface area contributed by atoms with Crippen molar-refractivity contribution in [3.63, 3.8) is 0 Å². The van der Waals surface area contributed by atoms with E-state index in [1.54, 1.807) is 12.2 Å². The maximum Gasteiger partial charge on any atom is 0.248 e. The molecule has 1 aliphatic carbocycles. The molecule has 0 heterocycles. The predicted octanol–water partition coefficient (Wildman–Crippen LogP) is -0.315. The van der Waals surface area contributed by atoms with Crippen LogP contribution in [-0.4, -0.2) is 11.9 Å². The first-order valence-corrected chi connectivity index (χ1v) is 3.14. The predicted molar refractivity (Wildman–Crippen MR) is 39.0 cm³/mol. The summed E-state index contributed by atoms with van der Waals surface area (Å²) in [7, 11) is 0. The Morgan fingerprint density at radius 3 is 2.80 bits per heavy atom. The van der Waals surface area contributed by atoms with E-state index in [1.165, 1.54) is 0 Å². The summed E-state index contributed by atoms with van der Waals surface area (Å²) < 4.78 is 0. The number of amides is 1. The van der Waals surface area contributed by atoms with Gasteiger partial charge in [-0.05, 0) is 6.42 Å². The van der Waals surface area contributed by atoms with Crippen molar-refractivity contribution in [2.75, 3.05) is 0 Å². The summed E-state index contributed by atoms with van der Waals surface area (Å²) in [6.07, 6.45) is 6.02. The molecule has 0 aliphatic heterocycles. The molecule has 1 atom stereocenters. The van der Waals surface area contributed by atoms with Crippen molar-refractivity contribution < 1.29 is 4.79 Å². The minimum Gasteiger partial charge on any atom is -0.366 e. The Balaban J connectivity index is 2.76. The molecule has 0 radical (unpaired) electrons. The van der Waals surface area contributed by atoms with Gasteiger partial charge in [-0.15, -0.1) is 0 Å². The fourth-order valence-corrected chi connectivity index (χ4v) is 0.871. The van der Waals surface area contributed by atoms with E-state index in [0.29, 0.717) is 5.57 Å². The summed E-state index contributed by atoms with van der Waals surface area (Å²) in [4.78, 5) is 10.5. The Labute approximate surface area is 59.4 Å². The maximum atomic E-state index is 10.5. The molecule has 0 saturated heterocycles. The first-order chi connectivity index (χ1) is 4.70. The van der Waals surface area contributed by atoms with E-state index in [9.17, 15) is 4.79 Å². The molecule has 0 fully saturated rings. The average molecular weight is 138 g/mol. The molecule has 0 aromatic carbocycles. The minimum absolute atomic E-state index is 0.0486. The molecule has 0 bridgehead atoms. The van der Waals surface area contributed by atoms with E-state index in [0.717, 1.165) is 6.42 Å². The third-order valence-electron chi connectivity index (χ3n) is 1.38. The van der Waals surface area contributed by atoms with E-state index in [2.05, 4.69) is 0 Å². The van der Waals surface area contributed by atoms with Gasteiger partial charge in [-0.3, -0.25) is 4.79 Å². The smallest absolute Gasteiger partial charge is 0.248 e. The van der Waals surface area contributed by atoms with Crippen LogP contribution in [0.15, 0.2) is 23.8 Å². The lowest BCUT2D eigenvalue weighted by atomic mass is 10.0. The Kier molecular flexibility index (Phi) is 1.87. The van der Waals surface area contributed by atoms with Crippen LogP contribution in [0.2, 0.25) is 0 Å². The van der Waals surface area contributed by atoms with Crippen molar-refractivity contribution in [3.05, 3.63) is 23.8 Å². The standard InChI is InChI=1S/C7H10N2O/c8-6-3-1-2-5(4-6)7(9)10/h1-2,4,6H,3,8H2,(H2,9,10). The van der Waals surface area contributed by atoms with Crippen molar-refractivity contribution >= 4 is 5.91 Å². The van der Waals surface area contributed by atoms with Gasteiger partial charge < -0.3 is 11.5 Å². The Morgan fingerprint density at radius 2 is 2.40 bits per heavy atom. The molecule has 3 nitrogen and oxygen atoms in total. The summed E-state index contributed by atoms with van der Waals surface area (Å²) in [5.41, 5.74) is 11.1. The fourth-order valence-electron chi connectivity index (χ4n) is 0.871. The van der Waals surface area contributed by atoms with Crippen LogP contribution >= 0.6 is 0 Å². The number of carbonyl (C=O) groups excluding carboxylic acids is 1. The van der Waals surface area contributed by atoms with E-state index in [4.69, 9.17) is 11.5 Å². The number of primary amides is 1. The van der Waals surface area contributed by atoms with Gasteiger partial charge in [0.05, 0.1) is 0 Å². The average Bonchev–Trinajstić information content (AvgIpc) is 1.88. The van der Waals surface area contributed by atoms with Crippen LogP contribution in [0.1, 0.15) is 6.42 Å². The molecule has 0 aromatic heterocycles. The van der Waals surface area contributed by atoms with E-state index >= 15 is 0 Å². The van der Waals surface area contributed by atoms with Crippen molar-refractivity contribution in [1.82, 2.24) is 0 Å². The van der Waals surface area contributed by atoms with Crippen LogP contribution < -0.4 is 11.5 Å². The van der Waals surface area contributed by atoms with Crippen LogP contribution in [0.25, 0.3) is 0 Å². The zero-order chi connectivity index (χ0) is 7.56. The molecular weight excluding hydrogens is 128 g/mol. The van der Waals surface area contributed by atoms with E-state index in [-0.39, 0.29) is 6.04 Å². The highest BCUT2D eigenvalue weighted by molar-refractivity contribution is 5.95. The first-order valence-electron chi connectivity index (χ1n) is 3.14. The Morgan fingerprint density at radius 1 is 1.70 bits per heavy atom. The lowest BCUT2D eigenvalue weighted by Gasteiger charge is -2.08. The summed E-state index contributed by atoms with van der Waals surface area (Å²) in [6, 6.07) is -0.0486. The van der Waals surface area contributed by atoms with Gasteiger partial charge in [0.2, 0.25) is 5.91 Å². The normalized spacial score (nSPS) is 24.1.